The lowest BCUT2D eigenvalue weighted by atomic mass is 9.96. The van der Waals surface area contributed by atoms with Crippen molar-refractivity contribution in [3.8, 4) is 0 Å². The monoisotopic (exact) mass is 171 g/mol. The summed E-state index contributed by atoms with van der Waals surface area (Å²) in [7, 11) is 0. The molecule has 0 bridgehead atoms. The molecule has 0 saturated heterocycles. The van der Waals surface area contributed by atoms with Crippen molar-refractivity contribution in [2.45, 2.75) is 46.6 Å². The second-order valence-corrected chi connectivity index (χ2v) is 4.13. The fourth-order valence-corrected chi connectivity index (χ4v) is 1.08. The molecule has 0 aromatic rings. The molecular weight excluding hydrogens is 150 g/mol. The Bertz CT molecular complexity index is 141. The van der Waals surface area contributed by atoms with E-state index in [-0.39, 0.29) is 17.7 Å². The van der Waals surface area contributed by atoms with E-state index >= 15 is 0 Å². The fourth-order valence-electron chi connectivity index (χ4n) is 1.08. The van der Waals surface area contributed by atoms with Crippen LogP contribution >= 0.6 is 0 Å². The third-order valence-electron chi connectivity index (χ3n) is 1.99. The molecule has 12 heavy (non-hydrogen) atoms. The van der Waals surface area contributed by atoms with E-state index in [0.29, 0.717) is 5.92 Å². The molecule has 0 spiro atoms. The minimum absolute atomic E-state index is 0.0761. The summed E-state index contributed by atoms with van der Waals surface area (Å²) in [5.41, 5.74) is 5.72. The first kappa shape index (κ1) is 11.6. The molecule has 0 heterocycles. The van der Waals surface area contributed by atoms with Gasteiger partial charge in [-0.3, -0.25) is 4.79 Å². The summed E-state index contributed by atoms with van der Waals surface area (Å²) < 4.78 is 0. The van der Waals surface area contributed by atoms with E-state index in [0.717, 1.165) is 12.8 Å². The van der Waals surface area contributed by atoms with Gasteiger partial charge in [-0.05, 0) is 18.8 Å². The van der Waals surface area contributed by atoms with Crippen LogP contribution in [0.5, 0.6) is 0 Å². The highest BCUT2D eigenvalue weighted by atomic mass is 16.1. The van der Waals surface area contributed by atoms with Crippen LogP contribution in [0, 0.1) is 11.8 Å². The number of ketones is 1. The summed E-state index contributed by atoms with van der Waals surface area (Å²) in [5, 5.41) is 0. The maximum absolute atomic E-state index is 11.3. The van der Waals surface area contributed by atoms with Crippen LogP contribution in [0.25, 0.3) is 0 Å². The van der Waals surface area contributed by atoms with Gasteiger partial charge >= 0.3 is 0 Å². The Labute approximate surface area is 75.5 Å². The summed E-state index contributed by atoms with van der Waals surface area (Å²) in [6, 6.07) is -0.243. The molecule has 0 amide bonds. The number of hydrogen-bond donors (Lipinski definition) is 1. The van der Waals surface area contributed by atoms with Crippen LogP contribution in [0.4, 0.5) is 0 Å². The quantitative estimate of drug-likeness (QED) is 0.687. The van der Waals surface area contributed by atoms with Gasteiger partial charge in [0, 0.05) is 5.92 Å². The summed E-state index contributed by atoms with van der Waals surface area (Å²) in [6.07, 6.45) is 1.87. The molecule has 2 nitrogen and oxygen atoms in total. The number of rotatable bonds is 5. The van der Waals surface area contributed by atoms with E-state index in [1.165, 1.54) is 0 Å². The Morgan fingerprint density at radius 1 is 1.17 bits per heavy atom. The normalized spacial score (nSPS) is 13.9. The molecule has 0 radical (unpaired) electrons. The minimum atomic E-state index is -0.243. The van der Waals surface area contributed by atoms with Crippen molar-refractivity contribution in [3.63, 3.8) is 0 Å². The molecule has 0 saturated carbocycles. The number of carbonyl (C=O) groups excluding carboxylic acids is 1. The van der Waals surface area contributed by atoms with Gasteiger partial charge in [0.15, 0.2) is 5.78 Å². The van der Waals surface area contributed by atoms with E-state index in [9.17, 15) is 4.79 Å². The van der Waals surface area contributed by atoms with Crippen LogP contribution in [0.2, 0.25) is 0 Å². The summed E-state index contributed by atoms with van der Waals surface area (Å²) in [4.78, 5) is 11.3. The zero-order chi connectivity index (χ0) is 9.72. The van der Waals surface area contributed by atoms with Crippen molar-refractivity contribution < 1.29 is 4.79 Å². The van der Waals surface area contributed by atoms with Gasteiger partial charge in [0.1, 0.15) is 0 Å². The molecule has 1 atom stereocenters. The van der Waals surface area contributed by atoms with Crippen molar-refractivity contribution in [2.75, 3.05) is 0 Å². The lowest BCUT2D eigenvalue weighted by Crippen LogP contribution is -2.33. The molecule has 0 aliphatic carbocycles. The van der Waals surface area contributed by atoms with E-state index in [2.05, 4.69) is 13.8 Å². The molecule has 2 heteroatoms. The molecular formula is C10H21NO. The van der Waals surface area contributed by atoms with E-state index in [4.69, 9.17) is 5.73 Å². The van der Waals surface area contributed by atoms with Crippen molar-refractivity contribution in [3.05, 3.63) is 0 Å². The predicted molar refractivity (Wildman–Crippen MR) is 51.9 cm³/mol. The third-order valence-corrected chi connectivity index (χ3v) is 1.99. The molecule has 0 aromatic heterocycles. The van der Waals surface area contributed by atoms with Crippen molar-refractivity contribution in [1.82, 2.24) is 0 Å². The van der Waals surface area contributed by atoms with Crippen LogP contribution in [-0.2, 0) is 4.79 Å². The van der Waals surface area contributed by atoms with E-state index in [1.54, 1.807) is 0 Å². The number of carbonyl (C=O) groups is 1. The number of nitrogens with two attached hydrogens (primary N) is 1. The van der Waals surface area contributed by atoms with E-state index in [1.807, 2.05) is 13.8 Å². The Morgan fingerprint density at radius 2 is 1.67 bits per heavy atom. The van der Waals surface area contributed by atoms with Crippen LogP contribution in [0.3, 0.4) is 0 Å². The molecule has 72 valence electrons. The Hall–Kier alpha value is -0.370. The maximum atomic E-state index is 11.3. The van der Waals surface area contributed by atoms with Crippen LogP contribution in [0.1, 0.15) is 40.5 Å². The largest absolute Gasteiger partial charge is 0.321 e. The summed E-state index contributed by atoms with van der Waals surface area (Å²) in [6.45, 7) is 8.09. The zero-order valence-electron chi connectivity index (χ0n) is 8.63. The predicted octanol–water partition coefficient (Wildman–Crippen LogP) is 1.97. The van der Waals surface area contributed by atoms with Gasteiger partial charge in [-0.15, -0.1) is 0 Å². The Morgan fingerprint density at radius 3 is 2.00 bits per heavy atom. The van der Waals surface area contributed by atoms with Crippen molar-refractivity contribution >= 4 is 5.78 Å². The smallest absolute Gasteiger partial charge is 0.152 e. The highest BCUT2D eigenvalue weighted by molar-refractivity contribution is 5.85. The van der Waals surface area contributed by atoms with Gasteiger partial charge < -0.3 is 5.73 Å². The minimum Gasteiger partial charge on any atom is -0.321 e. The topological polar surface area (TPSA) is 43.1 Å². The third kappa shape index (κ3) is 4.50. The van der Waals surface area contributed by atoms with Gasteiger partial charge in [0.2, 0.25) is 0 Å². The molecule has 2 N–H and O–H groups in total. The van der Waals surface area contributed by atoms with Crippen LogP contribution in [0.15, 0.2) is 0 Å². The van der Waals surface area contributed by atoms with Gasteiger partial charge in [0.05, 0.1) is 6.04 Å². The van der Waals surface area contributed by atoms with E-state index < -0.39 is 0 Å². The SMILES string of the molecule is CC(C)CCC(N)C(=O)C(C)C. The first-order chi connectivity index (χ1) is 5.45. The molecule has 0 fully saturated rings. The van der Waals surface area contributed by atoms with Crippen molar-refractivity contribution in [2.24, 2.45) is 17.6 Å². The van der Waals surface area contributed by atoms with Crippen LogP contribution < -0.4 is 5.73 Å². The zero-order valence-corrected chi connectivity index (χ0v) is 8.63. The van der Waals surface area contributed by atoms with Gasteiger partial charge in [-0.2, -0.15) is 0 Å². The lowest BCUT2D eigenvalue weighted by molar-refractivity contribution is -0.123. The Kier molecular flexibility index (Phi) is 5.14. The highest BCUT2D eigenvalue weighted by Gasteiger charge is 2.16. The second-order valence-electron chi connectivity index (χ2n) is 4.13. The standard InChI is InChI=1S/C10H21NO/c1-7(2)5-6-9(11)10(12)8(3)4/h7-9H,5-6,11H2,1-4H3. The Balaban J connectivity index is 3.72. The maximum Gasteiger partial charge on any atom is 0.152 e. The number of hydrogen-bond acceptors (Lipinski definition) is 2. The highest BCUT2D eigenvalue weighted by Crippen LogP contribution is 2.08. The first-order valence-corrected chi connectivity index (χ1v) is 4.74. The number of Topliss-reactive ketones (excluding diaryl/α,β-unsaturated/α-hetero) is 1. The fraction of sp³-hybridized carbons (Fsp3) is 0.900. The molecule has 0 rings (SSSR count). The average molecular weight is 171 g/mol. The van der Waals surface area contributed by atoms with Gasteiger partial charge in [0.25, 0.3) is 0 Å². The van der Waals surface area contributed by atoms with Crippen molar-refractivity contribution in [1.29, 1.82) is 0 Å². The molecule has 0 aliphatic rings. The van der Waals surface area contributed by atoms with Crippen LogP contribution in [-0.4, -0.2) is 11.8 Å². The van der Waals surface area contributed by atoms with Gasteiger partial charge in [-0.25, -0.2) is 0 Å². The second kappa shape index (κ2) is 5.31. The molecule has 1 unspecified atom stereocenters. The van der Waals surface area contributed by atoms with Gasteiger partial charge in [-0.1, -0.05) is 27.7 Å². The molecule has 0 aromatic carbocycles. The first-order valence-electron chi connectivity index (χ1n) is 4.74. The molecule has 0 aliphatic heterocycles. The lowest BCUT2D eigenvalue weighted by Gasteiger charge is -2.13. The average Bonchev–Trinajstić information content (AvgIpc) is 1.98. The summed E-state index contributed by atoms with van der Waals surface area (Å²) >= 11 is 0. The summed E-state index contributed by atoms with van der Waals surface area (Å²) in [5.74, 6) is 0.902.